The SMILES string of the molecule is CCn1ccnc(NCC(C)N2CCCC2)c1=O. The zero-order valence-electron chi connectivity index (χ0n) is 11.2. The van der Waals surface area contributed by atoms with E-state index in [1.807, 2.05) is 6.92 Å². The molecule has 0 saturated carbocycles. The second kappa shape index (κ2) is 6.00. The van der Waals surface area contributed by atoms with Crippen molar-refractivity contribution in [2.24, 2.45) is 0 Å². The molecule has 0 radical (unpaired) electrons. The number of likely N-dealkylation sites (tertiary alicyclic amines) is 1. The van der Waals surface area contributed by atoms with Gasteiger partial charge in [0, 0.05) is 31.5 Å². The van der Waals surface area contributed by atoms with E-state index in [2.05, 4.69) is 22.1 Å². The quantitative estimate of drug-likeness (QED) is 0.852. The van der Waals surface area contributed by atoms with Gasteiger partial charge in [-0.1, -0.05) is 0 Å². The van der Waals surface area contributed by atoms with Gasteiger partial charge in [-0.15, -0.1) is 0 Å². The van der Waals surface area contributed by atoms with Crippen molar-refractivity contribution in [3.05, 3.63) is 22.7 Å². The number of aryl methyl sites for hydroxylation is 1. The normalized spacial score (nSPS) is 17.9. The van der Waals surface area contributed by atoms with E-state index in [9.17, 15) is 4.79 Å². The highest BCUT2D eigenvalue weighted by Crippen LogP contribution is 2.11. The monoisotopic (exact) mass is 250 g/mol. The lowest BCUT2D eigenvalue weighted by atomic mass is 10.3. The molecule has 1 aliphatic heterocycles. The number of hydrogen-bond donors (Lipinski definition) is 1. The van der Waals surface area contributed by atoms with Gasteiger partial charge in [0.25, 0.3) is 5.56 Å². The Morgan fingerprint density at radius 1 is 1.44 bits per heavy atom. The molecule has 1 aliphatic rings. The average Bonchev–Trinajstić information content (AvgIpc) is 2.91. The summed E-state index contributed by atoms with van der Waals surface area (Å²) in [5, 5.41) is 3.18. The lowest BCUT2D eigenvalue weighted by Gasteiger charge is -2.23. The van der Waals surface area contributed by atoms with Crippen molar-refractivity contribution in [3.8, 4) is 0 Å². The lowest BCUT2D eigenvalue weighted by molar-refractivity contribution is 0.269. The summed E-state index contributed by atoms with van der Waals surface area (Å²) in [6, 6.07) is 0.448. The standard InChI is InChI=1S/C13H22N4O/c1-3-16-9-6-14-12(13(16)18)15-10-11(2)17-7-4-5-8-17/h6,9,11H,3-5,7-8,10H2,1-2H3,(H,14,15). The van der Waals surface area contributed by atoms with E-state index in [1.54, 1.807) is 17.0 Å². The topological polar surface area (TPSA) is 50.2 Å². The fourth-order valence-corrected chi connectivity index (χ4v) is 2.37. The molecule has 0 bridgehead atoms. The fraction of sp³-hybridized carbons (Fsp3) is 0.692. The predicted molar refractivity (Wildman–Crippen MR) is 72.9 cm³/mol. The van der Waals surface area contributed by atoms with Gasteiger partial charge in [-0.2, -0.15) is 0 Å². The summed E-state index contributed by atoms with van der Waals surface area (Å²) in [6.07, 6.45) is 5.97. The Morgan fingerprint density at radius 2 is 2.17 bits per heavy atom. The molecule has 2 rings (SSSR count). The van der Waals surface area contributed by atoms with Crippen LogP contribution in [0.3, 0.4) is 0 Å². The Morgan fingerprint density at radius 3 is 2.83 bits per heavy atom. The highest BCUT2D eigenvalue weighted by Gasteiger charge is 2.18. The number of nitrogens with zero attached hydrogens (tertiary/aromatic N) is 3. The van der Waals surface area contributed by atoms with Gasteiger partial charge in [-0.25, -0.2) is 4.98 Å². The predicted octanol–water partition coefficient (Wildman–Crippen LogP) is 1.16. The summed E-state index contributed by atoms with van der Waals surface area (Å²) >= 11 is 0. The van der Waals surface area contributed by atoms with Gasteiger partial charge in [0.05, 0.1) is 0 Å². The highest BCUT2D eigenvalue weighted by molar-refractivity contribution is 5.30. The average molecular weight is 250 g/mol. The molecule has 100 valence electrons. The maximum Gasteiger partial charge on any atom is 0.293 e. The van der Waals surface area contributed by atoms with Crippen molar-refractivity contribution in [2.45, 2.75) is 39.3 Å². The molecule has 1 fully saturated rings. The minimum Gasteiger partial charge on any atom is -0.364 e. The second-order valence-corrected chi connectivity index (χ2v) is 4.84. The van der Waals surface area contributed by atoms with Crippen LogP contribution < -0.4 is 10.9 Å². The van der Waals surface area contributed by atoms with Gasteiger partial charge < -0.3 is 9.88 Å². The van der Waals surface area contributed by atoms with Gasteiger partial charge in [0.1, 0.15) is 0 Å². The zero-order valence-corrected chi connectivity index (χ0v) is 11.2. The molecule has 1 N–H and O–H groups in total. The molecule has 2 heterocycles. The third-order valence-corrected chi connectivity index (χ3v) is 3.58. The first-order valence-electron chi connectivity index (χ1n) is 6.75. The smallest absolute Gasteiger partial charge is 0.293 e. The molecular weight excluding hydrogens is 228 g/mol. The Bertz CT molecular complexity index is 437. The first-order valence-corrected chi connectivity index (χ1v) is 6.75. The third kappa shape index (κ3) is 2.90. The van der Waals surface area contributed by atoms with E-state index < -0.39 is 0 Å². The van der Waals surface area contributed by atoms with Crippen molar-refractivity contribution in [2.75, 3.05) is 25.0 Å². The summed E-state index contributed by atoms with van der Waals surface area (Å²) in [6.45, 7) is 7.94. The Balaban J connectivity index is 1.95. The summed E-state index contributed by atoms with van der Waals surface area (Å²) in [5.74, 6) is 0.463. The van der Waals surface area contributed by atoms with E-state index in [0.29, 0.717) is 18.4 Å². The van der Waals surface area contributed by atoms with E-state index in [4.69, 9.17) is 0 Å². The van der Waals surface area contributed by atoms with Crippen LogP contribution in [0.1, 0.15) is 26.7 Å². The van der Waals surface area contributed by atoms with Crippen molar-refractivity contribution in [3.63, 3.8) is 0 Å². The van der Waals surface area contributed by atoms with Crippen molar-refractivity contribution in [1.82, 2.24) is 14.5 Å². The Labute approximate surface area is 108 Å². The fourth-order valence-electron chi connectivity index (χ4n) is 2.37. The molecule has 5 nitrogen and oxygen atoms in total. The summed E-state index contributed by atoms with van der Waals surface area (Å²) in [7, 11) is 0. The molecule has 18 heavy (non-hydrogen) atoms. The first-order chi connectivity index (χ1) is 8.72. The Kier molecular flexibility index (Phi) is 4.36. The Hall–Kier alpha value is -1.36. The second-order valence-electron chi connectivity index (χ2n) is 4.84. The lowest BCUT2D eigenvalue weighted by Crippen LogP contribution is -2.37. The van der Waals surface area contributed by atoms with Crippen LogP contribution in [-0.2, 0) is 6.54 Å². The van der Waals surface area contributed by atoms with Crippen LogP contribution in [-0.4, -0.2) is 40.1 Å². The van der Waals surface area contributed by atoms with Crippen LogP contribution >= 0.6 is 0 Å². The first kappa shape index (κ1) is 13.1. The molecule has 0 aliphatic carbocycles. The highest BCUT2D eigenvalue weighted by atomic mass is 16.1. The van der Waals surface area contributed by atoms with Crippen molar-refractivity contribution in [1.29, 1.82) is 0 Å². The van der Waals surface area contributed by atoms with Crippen molar-refractivity contribution >= 4 is 5.82 Å². The van der Waals surface area contributed by atoms with Crippen LogP contribution in [0.15, 0.2) is 17.2 Å². The molecule has 1 aromatic heterocycles. The van der Waals surface area contributed by atoms with Crippen LogP contribution in [0.25, 0.3) is 0 Å². The molecule has 1 unspecified atom stereocenters. The summed E-state index contributed by atoms with van der Waals surface area (Å²) < 4.78 is 1.66. The molecule has 0 spiro atoms. The van der Waals surface area contributed by atoms with Gasteiger partial charge in [0.2, 0.25) is 0 Å². The van der Waals surface area contributed by atoms with E-state index in [0.717, 1.165) is 6.54 Å². The minimum atomic E-state index is -0.0337. The number of anilines is 1. The largest absolute Gasteiger partial charge is 0.364 e. The molecule has 1 atom stereocenters. The molecule has 0 aromatic carbocycles. The number of aromatic nitrogens is 2. The van der Waals surface area contributed by atoms with Gasteiger partial charge in [0.15, 0.2) is 5.82 Å². The van der Waals surface area contributed by atoms with Gasteiger partial charge in [-0.3, -0.25) is 9.69 Å². The van der Waals surface area contributed by atoms with Crippen LogP contribution in [0.5, 0.6) is 0 Å². The number of hydrogen-bond acceptors (Lipinski definition) is 4. The molecular formula is C13H22N4O. The van der Waals surface area contributed by atoms with Gasteiger partial charge >= 0.3 is 0 Å². The molecule has 1 aromatic rings. The third-order valence-electron chi connectivity index (χ3n) is 3.58. The van der Waals surface area contributed by atoms with Crippen LogP contribution in [0.4, 0.5) is 5.82 Å². The van der Waals surface area contributed by atoms with E-state index >= 15 is 0 Å². The minimum absolute atomic E-state index is 0.0337. The molecule has 5 heteroatoms. The summed E-state index contributed by atoms with van der Waals surface area (Å²) in [5.41, 5.74) is -0.0337. The zero-order chi connectivity index (χ0) is 13.0. The molecule has 1 saturated heterocycles. The summed E-state index contributed by atoms with van der Waals surface area (Å²) in [4.78, 5) is 18.5. The van der Waals surface area contributed by atoms with Crippen LogP contribution in [0, 0.1) is 0 Å². The number of rotatable bonds is 5. The maximum atomic E-state index is 12.0. The van der Waals surface area contributed by atoms with E-state index in [-0.39, 0.29) is 5.56 Å². The number of nitrogens with one attached hydrogen (secondary N) is 1. The van der Waals surface area contributed by atoms with Crippen molar-refractivity contribution < 1.29 is 0 Å². The maximum absolute atomic E-state index is 12.0. The molecule has 0 amide bonds. The van der Waals surface area contributed by atoms with Crippen LogP contribution in [0.2, 0.25) is 0 Å². The van der Waals surface area contributed by atoms with Gasteiger partial charge in [-0.05, 0) is 39.8 Å². The van der Waals surface area contributed by atoms with E-state index in [1.165, 1.54) is 25.9 Å².